The maximum atomic E-state index is 13.8. The van der Waals surface area contributed by atoms with E-state index in [0.717, 1.165) is 17.7 Å². The topological polar surface area (TPSA) is 111 Å². The Balaban J connectivity index is 0.000000913. The minimum absolute atomic E-state index is 0.00632. The minimum atomic E-state index is -0.627. The summed E-state index contributed by atoms with van der Waals surface area (Å²) < 4.78 is 19.6. The molecule has 0 spiro atoms. The average Bonchev–Trinajstić information content (AvgIpc) is 3.15. The Labute approximate surface area is 184 Å². The van der Waals surface area contributed by atoms with Crippen molar-refractivity contribution in [1.29, 1.82) is 5.26 Å². The van der Waals surface area contributed by atoms with Gasteiger partial charge >= 0.3 is 0 Å². The molecule has 0 unspecified atom stereocenters. The summed E-state index contributed by atoms with van der Waals surface area (Å²) >= 11 is 0. The summed E-state index contributed by atoms with van der Waals surface area (Å²) in [7, 11) is 0. The first-order valence-electron chi connectivity index (χ1n) is 9.99. The lowest BCUT2D eigenvalue weighted by Gasteiger charge is -2.29. The van der Waals surface area contributed by atoms with E-state index in [4.69, 9.17) is 19.9 Å². The van der Waals surface area contributed by atoms with E-state index in [2.05, 4.69) is 0 Å². The van der Waals surface area contributed by atoms with Crippen LogP contribution < -0.4 is 0 Å². The minimum Gasteiger partial charge on any atom is -0.483 e. The van der Waals surface area contributed by atoms with Gasteiger partial charge in [0.05, 0.1) is 36.8 Å². The van der Waals surface area contributed by atoms with Crippen LogP contribution in [0.5, 0.6) is 0 Å². The van der Waals surface area contributed by atoms with Crippen molar-refractivity contribution >= 4 is 18.3 Å². The summed E-state index contributed by atoms with van der Waals surface area (Å²) in [6.07, 6.45) is 0.0153. The van der Waals surface area contributed by atoms with Gasteiger partial charge in [-0.2, -0.15) is 5.26 Å². The molecule has 9 heteroatoms. The molecule has 0 saturated carbocycles. The van der Waals surface area contributed by atoms with Crippen LogP contribution >= 0.6 is 0 Å². The number of fused-ring (bicyclic) bond motifs is 1. The van der Waals surface area contributed by atoms with Crippen LogP contribution in [-0.2, 0) is 20.9 Å². The van der Waals surface area contributed by atoms with Gasteiger partial charge in [-0.25, -0.2) is 4.39 Å². The second-order valence-corrected chi connectivity index (χ2v) is 7.39. The number of benzene rings is 2. The SMILES string of the molecule is N#Cc1cc(F)cc(C(=O)N2C[C@@H]3OCCC(=O)N(Cc4ccccc4)[C@H]3C2)c1.O=CO. The highest BCUT2D eigenvalue weighted by atomic mass is 19.1. The second-order valence-electron chi connectivity index (χ2n) is 7.39. The van der Waals surface area contributed by atoms with Gasteiger partial charge in [-0.1, -0.05) is 30.3 Å². The van der Waals surface area contributed by atoms with Crippen LogP contribution in [0.15, 0.2) is 48.5 Å². The number of carbonyl (C=O) groups excluding carboxylic acids is 2. The zero-order valence-corrected chi connectivity index (χ0v) is 17.2. The number of rotatable bonds is 3. The van der Waals surface area contributed by atoms with Gasteiger partial charge in [-0.15, -0.1) is 0 Å². The largest absolute Gasteiger partial charge is 0.483 e. The van der Waals surface area contributed by atoms with E-state index in [1.807, 2.05) is 36.4 Å². The lowest BCUT2D eigenvalue weighted by molar-refractivity contribution is -0.133. The van der Waals surface area contributed by atoms with Gasteiger partial charge in [-0.3, -0.25) is 14.4 Å². The van der Waals surface area contributed by atoms with Gasteiger partial charge < -0.3 is 19.6 Å². The predicted molar refractivity (Wildman–Crippen MR) is 111 cm³/mol. The highest BCUT2D eigenvalue weighted by Gasteiger charge is 2.43. The van der Waals surface area contributed by atoms with Crippen LogP contribution in [0.1, 0.15) is 27.9 Å². The highest BCUT2D eigenvalue weighted by Crippen LogP contribution is 2.26. The fraction of sp³-hybridized carbons (Fsp3) is 0.304. The van der Waals surface area contributed by atoms with Crippen molar-refractivity contribution < 1.29 is 28.6 Å². The molecule has 0 aliphatic carbocycles. The molecule has 2 heterocycles. The van der Waals surface area contributed by atoms with E-state index in [-0.39, 0.29) is 41.6 Å². The molecule has 2 aromatic carbocycles. The molecular weight excluding hydrogens is 417 g/mol. The van der Waals surface area contributed by atoms with E-state index in [9.17, 15) is 14.0 Å². The molecule has 2 aromatic rings. The molecule has 0 radical (unpaired) electrons. The van der Waals surface area contributed by atoms with E-state index in [1.54, 1.807) is 9.80 Å². The van der Waals surface area contributed by atoms with Gasteiger partial charge in [0, 0.05) is 25.2 Å². The Morgan fingerprint density at radius 1 is 1.25 bits per heavy atom. The van der Waals surface area contributed by atoms with Crippen LogP contribution in [-0.4, -0.2) is 65.0 Å². The Hall–Kier alpha value is -3.77. The summed E-state index contributed by atoms with van der Waals surface area (Å²) in [4.78, 5) is 37.3. The Morgan fingerprint density at radius 3 is 2.66 bits per heavy atom. The maximum absolute atomic E-state index is 13.8. The predicted octanol–water partition coefficient (Wildman–Crippen LogP) is 2.04. The number of carbonyl (C=O) groups is 3. The lowest BCUT2D eigenvalue weighted by atomic mass is 10.1. The van der Waals surface area contributed by atoms with Gasteiger partial charge in [-0.05, 0) is 23.8 Å². The fourth-order valence-corrected chi connectivity index (χ4v) is 3.96. The first-order valence-corrected chi connectivity index (χ1v) is 9.99. The average molecular weight is 439 g/mol. The monoisotopic (exact) mass is 439 g/mol. The van der Waals surface area contributed by atoms with Crippen LogP contribution in [0, 0.1) is 17.1 Å². The lowest BCUT2D eigenvalue weighted by Crippen LogP contribution is -2.45. The van der Waals surface area contributed by atoms with Crippen LogP contribution in [0.3, 0.4) is 0 Å². The van der Waals surface area contributed by atoms with Crippen molar-refractivity contribution in [3.63, 3.8) is 0 Å². The van der Waals surface area contributed by atoms with Crippen molar-refractivity contribution in [2.24, 2.45) is 0 Å². The standard InChI is InChI=1S/C22H20FN3O3.CH2O2/c23-18-9-16(11-24)8-17(10-18)22(28)25-13-19-20(14-25)29-7-6-21(27)26(19)12-15-4-2-1-3-5-15;2-1-3/h1-5,8-10,19-20H,6-7,12-14H2;1H,(H,2,3)/t19-,20-;/m0./s1. The van der Waals surface area contributed by atoms with Crippen molar-refractivity contribution in [3.8, 4) is 6.07 Å². The normalized spacial score (nSPS) is 19.8. The molecule has 8 nitrogen and oxygen atoms in total. The van der Waals surface area contributed by atoms with Gasteiger partial charge in [0.2, 0.25) is 5.91 Å². The highest BCUT2D eigenvalue weighted by molar-refractivity contribution is 5.95. The molecule has 2 aliphatic heterocycles. The molecule has 4 rings (SSSR count). The maximum Gasteiger partial charge on any atom is 0.290 e. The number of hydrogen-bond acceptors (Lipinski definition) is 5. The van der Waals surface area contributed by atoms with E-state index < -0.39 is 5.82 Å². The number of hydrogen-bond donors (Lipinski definition) is 1. The van der Waals surface area contributed by atoms with Crippen LogP contribution in [0.2, 0.25) is 0 Å². The number of halogens is 1. The number of amides is 2. The summed E-state index contributed by atoms with van der Waals surface area (Å²) in [6.45, 7) is 1.14. The molecule has 32 heavy (non-hydrogen) atoms. The molecule has 0 bridgehead atoms. The molecule has 2 amide bonds. The van der Waals surface area contributed by atoms with Gasteiger partial charge in [0.25, 0.3) is 12.4 Å². The molecule has 166 valence electrons. The van der Waals surface area contributed by atoms with Crippen LogP contribution in [0.4, 0.5) is 4.39 Å². The molecule has 2 saturated heterocycles. The molecule has 0 aromatic heterocycles. The molecule has 2 aliphatic rings. The number of nitrogens with zero attached hydrogens (tertiary/aromatic N) is 3. The molecule has 1 N–H and O–H groups in total. The molecular formula is C23H22FN3O5. The van der Waals surface area contributed by atoms with E-state index in [0.29, 0.717) is 32.7 Å². The van der Waals surface area contributed by atoms with Crippen LogP contribution in [0.25, 0.3) is 0 Å². The third-order valence-electron chi connectivity index (χ3n) is 5.36. The van der Waals surface area contributed by atoms with Gasteiger partial charge in [0.1, 0.15) is 5.82 Å². The quantitative estimate of drug-likeness (QED) is 0.733. The van der Waals surface area contributed by atoms with E-state index >= 15 is 0 Å². The zero-order valence-electron chi connectivity index (χ0n) is 17.2. The smallest absolute Gasteiger partial charge is 0.290 e. The van der Waals surface area contributed by atoms with Crippen molar-refractivity contribution in [2.75, 3.05) is 19.7 Å². The molecule has 2 fully saturated rings. The summed E-state index contributed by atoms with van der Waals surface area (Å²) in [5.41, 5.74) is 1.23. The number of nitriles is 1. The van der Waals surface area contributed by atoms with Crippen molar-refractivity contribution in [3.05, 3.63) is 71.0 Å². The van der Waals surface area contributed by atoms with Crippen molar-refractivity contribution in [1.82, 2.24) is 9.80 Å². The first kappa shape index (κ1) is 22.9. The number of ether oxygens (including phenoxy) is 1. The third kappa shape index (κ3) is 5.28. The first-order chi connectivity index (χ1) is 15.5. The molecule has 2 atom stereocenters. The summed E-state index contributed by atoms with van der Waals surface area (Å²) in [6, 6.07) is 14.9. The number of carboxylic acid groups (broad SMARTS) is 1. The zero-order chi connectivity index (χ0) is 23.1. The van der Waals surface area contributed by atoms with Gasteiger partial charge in [0.15, 0.2) is 0 Å². The van der Waals surface area contributed by atoms with Crippen molar-refractivity contribution in [2.45, 2.75) is 25.1 Å². The second kappa shape index (κ2) is 10.5. The number of likely N-dealkylation sites (tertiary alicyclic amines) is 1. The van der Waals surface area contributed by atoms with E-state index in [1.165, 1.54) is 6.07 Å². The summed E-state index contributed by atoms with van der Waals surface area (Å²) in [5.74, 6) is -1.00. The Morgan fingerprint density at radius 2 is 1.97 bits per heavy atom. The Bertz CT molecular complexity index is 1020. The third-order valence-corrected chi connectivity index (χ3v) is 5.36. The summed E-state index contributed by atoms with van der Waals surface area (Å²) in [5, 5.41) is 15.9. The fourth-order valence-electron chi connectivity index (χ4n) is 3.96. The Kier molecular flexibility index (Phi) is 7.52.